The molecule has 7 nitrogen and oxygen atoms in total. The van der Waals surface area contributed by atoms with Crippen molar-refractivity contribution in [2.45, 2.75) is 4.90 Å². The number of nitrogens with one attached hydrogen (secondary N) is 1. The highest BCUT2D eigenvalue weighted by Gasteiger charge is 2.14. The molecule has 0 unspecified atom stereocenters. The number of benzene rings is 2. The Bertz CT molecular complexity index is 1220. The normalized spacial score (nSPS) is 14.7. The summed E-state index contributed by atoms with van der Waals surface area (Å²) >= 11 is 0. The summed E-state index contributed by atoms with van der Waals surface area (Å²) in [7, 11) is -2.12. The minimum absolute atomic E-state index is 0.111. The van der Waals surface area contributed by atoms with Gasteiger partial charge in [-0.3, -0.25) is 4.79 Å². The predicted octanol–water partition coefficient (Wildman–Crippen LogP) is 3.59. The monoisotopic (exact) mass is 452 g/mol. The van der Waals surface area contributed by atoms with E-state index in [2.05, 4.69) is 9.62 Å². The third kappa shape index (κ3) is 4.99. The topological polar surface area (TPSA) is 88.9 Å². The molecule has 1 saturated heterocycles. The summed E-state index contributed by atoms with van der Waals surface area (Å²) in [6, 6.07) is 17.5. The van der Waals surface area contributed by atoms with Crippen LogP contribution in [0.15, 0.2) is 76.1 Å². The predicted molar refractivity (Wildman–Crippen MR) is 123 cm³/mol. The van der Waals surface area contributed by atoms with Crippen molar-refractivity contribution in [1.82, 2.24) is 4.72 Å². The van der Waals surface area contributed by atoms with Crippen molar-refractivity contribution in [2.75, 3.05) is 38.3 Å². The number of furan rings is 1. The second-order valence-electron chi connectivity index (χ2n) is 7.28. The second kappa shape index (κ2) is 9.52. The van der Waals surface area contributed by atoms with E-state index in [1.54, 1.807) is 36.4 Å². The lowest BCUT2D eigenvalue weighted by molar-refractivity contribution is 0.104. The van der Waals surface area contributed by atoms with Crippen molar-refractivity contribution in [3.8, 4) is 11.3 Å². The van der Waals surface area contributed by atoms with Crippen LogP contribution in [0.3, 0.4) is 0 Å². The molecule has 3 aromatic rings. The van der Waals surface area contributed by atoms with E-state index in [0.717, 1.165) is 24.3 Å². The molecule has 0 radical (unpaired) electrons. The second-order valence-corrected chi connectivity index (χ2v) is 9.17. The van der Waals surface area contributed by atoms with Gasteiger partial charge < -0.3 is 14.1 Å². The van der Waals surface area contributed by atoms with Gasteiger partial charge in [-0.15, -0.1) is 0 Å². The van der Waals surface area contributed by atoms with Crippen LogP contribution in [-0.4, -0.2) is 47.6 Å². The Labute approximate surface area is 187 Å². The van der Waals surface area contributed by atoms with Crippen LogP contribution in [0.5, 0.6) is 0 Å². The summed E-state index contributed by atoms with van der Waals surface area (Å²) in [5.74, 6) is 1.00. The first-order valence-corrected chi connectivity index (χ1v) is 11.7. The lowest BCUT2D eigenvalue weighted by atomic mass is 10.1. The van der Waals surface area contributed by atoms with E-state index in [1.807, 2.05) is 18.2 Å². The lowest BCUT2D eigenvalue weighted by Gasteiger charge is -2.29. The molecule has 1 aromatic heterocycles. The van der Waals surface area contributed by atoms with Crippen molar-refractivity contribution in [3.63, 3.8) is 0 Å². The minimum atomic E-state index is -3.49. The number of allylic oxidation sites excluding steroid dienone is 1. The molecule has 1 fully saturated rings. The Morgan fingerprint density at radius 3 is 2.50 bits per heavy atom. The van der Waals surface area contributed by atoms with E-state index < -0.39 is 10.0 Å². The van der Waals surface area contributed by atoms with Gasteiger partial charge in [0.05, 0.1) is 18.1 Å². The molecule has 1 N–H and O–H groups in total. The Hall–Kier alpha value is -3.20. The first-order valence-electron chi connectivity index (χ1n) is 10.3. The summed E-state index contributed by atoms with van der Waals surface area (Å²) in [6.07, 6.45) is 3.12. The van der Waals surface area contributed by atoms with Crippen molar-refractivity contribution in [1.29, 1.82) is 0 Å². The van der Waals surface area contributed by atoms with Gasteiger partial charge in [0.15, 0.2) is 5.78 Å². The van der Waals surface area contributed by atoms with E-state index in [-0.39, 0.29) is 10.7 Å². The number of anilines is 1. The first-order chi connectivity index (χ1) is 15.5. The molecule has 0 aliphatic carbocycles. The molecule has 0 bridgehead atoms. The molecule has 8 heteroatoms. The molecule has 1 aliphatic rings. The van der Waals surface area contributed by atoms with Gasteiger partial charge in [0.1, 0.15) is 11.5 Å². The molecular formula is C24H24N2O5S. The highest BCUT2D eigenvalue weighted by Crippen LogP contribution is 2.25. The Morgan fingerprint density at radius 2 is 1.78 bits per heavy atom. The van der Waals surface area contributed by atoms with Crippen LogP contribution in [0.4, 0.5) is 5.69 Å². The molecule has 2 heterocycles. The zero-order valence-electron chi connectivity index (χ0n) is 17.7. The molecule has 166 valence electrons. The number of morpholine rings is 1. The third-order valence-corrected chi connectivity index (χ3v) is 6.68. The van der Waals surface area contributed by atoms with E-state index in [9.17, 15) is 13.2 Å². The number of rotatable bonds is 7. The summed E-state index contributed by atoms with van der Waals surface area (Å²) in [4.78, 5) is 15.0. The van der Waals surface area contributed by atoms with E-state index >= 15 is 0 Å². The van der Waals surface area contributed by atoms with Gasteiger partial charge in [0.25, 0.3) is 0 Å². The van der Waals surface area contributed by atoms with Crippen LogP contribution in [0, 0.1) is 0 Å². The Kier molecular flexibility index (Phi) is 6.55. The van der Waals surface area contributed by atoms with Crippen molar-refractivity contribution < 1.29 is 22.4 Å². The van der Waals surface area contributed by atoms with E-state index in [4.69, 9.17) is 9.15 Å². The molecule has 2 aromatic carbocycles. The summed E-state index contributed by atoms with van der Waals surface area (Å²) in [5.41, 5.74) is 2.36. The highest BCUT2D eigenvalue weighted by molar-refractivity contribution is 7.89. The number of nitrogens with zero attached hydrogens (tertiary/aromatic N) is 1. The zero-order valence-corrected chi connectivity index (χ0v) is 18.5. The summed E-state index contributed by atoms with van der Waals surface area (Å²) in [6.45, 7) is 2.99. The van der Waals surface area contributed by atoms with Crippen LogP contribution in [0.2, 0.25) is 0 Å². The van der Waals surface area contributed by atoms with Gasteiger partial charge in [-0.05, 0) is 67.7 Å². The van der Waals surface area contributed by atoms with Crippen LogP contribution in [0.25, 0.3) is 17.4 Å². The van der Waals surface area contributed by atoms with Crippen LogP contribution in [0.1, 0.15) is 16.1 Å². The summed E-state index contributed by atoms with van der Waals surface area (Å²) < 4.78 is 37.2. The maximum absolute atomic E-state index is 12.7. The van der Waals surface area contributed by atoms with Crippen molar-refractivity contribution in [3.05, 3.63) is 78.1 Å². The fraction of sp³-hybridized carbons (Fsp3) is 0.208. The molecule has 4 rings (SSSR count). The van der Waals surface area contributed by atoms with Crippen LogP contribution < -0.4 is 9.62 Å². The standard InChI is InChI=1S/C24H24N2O5S/c1-25-32(28,29)22-9-5-18(6-10-22)24-12-8-21(31-24)7-11-23(27)19-3-2-4-20(17-19)26-13-15-30-16-14-26/h2-12,17,25H,13-16H2,1H3. The molecule has 0 saturated carbocycles. The van der Waals surface area contributed by atoms with E-state index in [1.165, 1.54) is 25.3 Å². The smallest absolute Gasteiger partial charge is 0.240 e. The maximum atomic E-state index is 12.7. The summed E-state index contributed by atoms with van der Waals surface area (Å²) in [5, 5.41) is 0. The SMILES string of the molecule is CNS(=O)(=O)c1ccc(-c2ccc(C=CC(=O)c3cccc(N4CCOCC4)c3)o2)cc1. The van der Waals surface area contributed by atoms with Crippen molar-refractivity contribution in [2.24, 2.45) is 0 Å². The largest absolute Gasteiger partial charge is 0.457 e. The Morgan fingerprint density at radius 1 is 1.03 bits per heavy atom. The first kappa shape index (κ1) is 22.0. The molecule has 32 heavy (non-hydrogen) atoms. The quantitative estimate of drug-likeness (QED) is 0.435. The number of hydrogen-bond acceptors (Lipinski definition) is 6. The van der Waals surface area contributed by atoms with E-state index in [0.29, 0.717) is 30.3 Å². The molecule has 1 aliphatic heterocycles. The maximum Gasteiger partial charge on any atom is 0.240 e. The fourth-order valence-corrected chi connectivity index (χ4v) is 4.18. The number of carbonyl (C=O) groups is 1. The van der Waals surface area contributed by atoms with Gasteiger partial charge in [-0.25, -0.2) is 13.1 Å². The molecular weight excluding hydrogens is 428 g/mol. The fourth-order valence-electron chi connectivity index (χ4n) is 3.45. The Balaban J connectivity index is 1.45. The minimum Gasteiger partial charge on any atom is -0.457 e. The number of ketones is 1. The van der Waals surface area contributed by atoms with Gasteiger partial charge >= 0.3 is 0 Å². The molecule has 0 atom stereocenters. The zero-order chi connectivity index (χ0) is 22.6. The van der Waals surface area contributed by atoms with Gasteiger partial charge in [0.2, 0.25) is 10.0 Å². The van der Waals surface area contributed by atoms with Gasteiger partial charge in [-0.1, -0.05) is 12.1 Å². The lowest BCUT2D eigenvalue weighted by Crippen LogP contribution is -2.36. The van der Waals surface area contributed by atoms with Gasteiger partial charge in [-0.2, -0.15) is 0 Å². The number of ether oxygens (including phenoxy) is 1. The molecule has 0 spiro atoms. The molecule has 0 amide bonds. The number of sulfonamides is 1. The van der Waals surface area contributed by atoms with Gasteiger partial charge in [0, 0.05) is 29.9 Å². The average Bonchev–Trinajstić information content (AvgIpc) is 3.32. The average molecular weight is 453 g/mol. The number of carbonyl (C=O) groups excluding carboxylic acids is 1. The number of hydrogen-bond donors (Lipinski definition) is 1. The highest BCUT2D eigenvalue weighted by atomic mass is 32.2. The van der Waals surface area contributed by atoms with Crippen LogP contribution >= 0.6 is 0 Å². The van der Waals surface area contributed by atoms with Crippen LogP contribution in [-0.2, 0) is 14.8 Å². The third-order valence-electron chi connectivity index (χ3n) is 5.25. The van der Waals surface area contributed by atoms with Crippen molar-refractivity contribution >= 4 is 27.6 Å².